The minimum Gasteiger partial charge on any atom is -0.508 e. The summed E-state index contributed by atoms with van der Waals surface area (Å²) in [5.74, 6) is -0.284. The molecular formula is C19H18Cl2N2O4. The number of nitrogens with zero attached hydrogens (tertiary/aromatic N) is 1. The van der Waals surface area contributed by atoms with Gasteiger partial charge in [0.2, 0.25) is 11.8 Å². The molecule has 1 saturated heterocycles. The molecule has 0 bridgehead atoms. The molecule has 2 amide bonds. The Hall–Kier alpha value is -2.44. The molecule has 27 heavy (non-hydrogen) atoms. The Morgan fingerprint density at radius 1 is 1.26 bits per heavy atom. The zero-order valence-electron chi connectivity index (χ0n) is 14.5. The lowest BCUT2D eigenvalue weighted by Gasteiger charge is -2.17. The highest BCUT2D eigenvalue weighted by Gasteiger charge is 2.35. The molecule has 0 spiro atoms. The molecule has 0 aromatic heterocycles. The zero-order valence-corrected chi connectivity index (χ0v) is 16.0. The molecule has 1 heterocycles. The summed E-state index contributed by atoms with van der Waals surface area (Å²) in [5.41, 5.74) is 1.10. The highest BCUT2D eigenvalue weighted by molar-refractivity contribution is 6.35. The SMILES string of the molecule is COc1ccc(O)c(CNC(=O)[C@@H]2CC(=O)N(c3cc(Cl)cc(Cl)c3)C2)c1. The third-order valence-electron chi connectivity index (χ3n) is 4.39. The number of anilines is 1. The van der Waals surface area contributed by atoms with Crippen LogP contribution in [0.3, 0.4) is 0 Å². The van der Waals surface area contributed by atoms with E-state index < -0.39 is 5.92 Å². The zero-order chi connectivity index (χ0) is 19.6. The number of phenolic OH excluding ortho intramolecular Hbond substituents is 1. The predicted molar refractivity (Wildman–Crippen MR) is 103 cm³/mol. The molecule has 8 heteroatoms. The first-order valence-electron chi connectivity index (χ1n) is 8.27. The minimum absolute atomic E-state index is 0.0637. The fraction of sp³-hybridized carbons (Fsp3) is 0.263. The Balaban J connectivity index is 1.65. The number of nitrogens with one attached hydrogen (secondary N) is 1. The van der Waals surface area contributed by atoms with Gasteiger partial charge in [-0.3, -0.25) is 9.59 Å². The van der Waals surface area contributed by atoms with Crippen LogP contribution in [0.2, 0.25) is 10.0 Å². The van der Waals surface area contributed by atoms with E-state index in [1.54, 1.807) is 30.3 Å². The van der Waals surface area contributed by atoms with Crippen molar-refractivity contribution >= 4 is 40.7 Å². The van der Waals surface area contributed by atoms with Gasteiger partial charge in [0.25, 0.3) is 0 Å². The Morgan fingerprint density at radius 2 is 1.96 bits per heavy atom. The molecule has 1 fully saturated rings. The first-order chi connectivity index (χ1) is 12.9. The number of amides is 2. The molecule has 1 aliphatic heterocycles. The number of phenols is 1. The number of hydrogen-bond donors (Lipinski definition) is 2. The largest absolute Gasteiger partial charge is 0.508 e. The third-order valence-corrected chi connectivity index (χ3v) is 4.83. The van der Waals surface area contributed by atoms with E-state index in [1.807, 2.05) is 0 Å². The second-order valence-electron chi connectivity index (χ2n) is 6.25. The van der Waals surface area contributed by atoms with E-state index in [1.165, 1.54) is 18.1 Å². The van der Waals surface area contributed by atoms with Crippen LogP contribution in [0, 0.1) is 5.92 Å². The van der Waals surface area contributed by atoms with Crippen LogP contribution in [0.25, 0.3) is 0 Å². The van der Waals surface area contributed by atoms with E-state index in [9.17, 15) is 14.7 Å². The number of ether oxygens (including phenoxy) is 1. The Kier molecular flexibility index (Phi) is 5.77. The second-order valence-corrected chi connectivity index (χ2v) is 7.12. The summed E-state index contributed by atoms with van der Waals surface area (Å²) in [6.45, 7) is 0.376. The van der Waals surface area contributed by atoms with E-state index in [2.05, 4.69) is 5.32 Å². The smallest absolute Gasteiger partial charge is 0.227 e. The average Bonchev–Trinajstić information content (AvgIpc) is 3.02. The van der Waals surface area contributed by atoms with Crippen LogP contribution in [0.1, 0.15) is 12.0 Å². The van der Waals surface area contributed by atoms with Crippen molar-refractivity contribution in [2.75, 3.05) is 18.6 Å². The molecule has 2 N–H and O–H groups in total. The Bertz CT molecular complexity index is 868. The molecule has 0 unspecified atom stereocenters. The van der Waals surface area contributed by atoms with Gasteiger partial charge in [0.1, 0.15) is 11.5 Å². The topological polar surface area (TPSA) is 78.9 Å². The number of carbonyl (C=O) groups excluding carboxylic acids is 2. The normalized spacial score (nSPS) is 16.5. The van der Waals surface area contributed by atoms with E-state index in [0.717, 1.165) is 0 Å². The quantitative estimate of drug-likeness (QED) is 0.794. The van der Waals surface area contributed by atoms with Gasteiger partial charge in [0, 0.05) is 40.8 Å². The van der Waals surface area contributed by atoms with Crippen LogP contribution < -0.4 is 15.0 Å². The van der Waals surface area contributed by atoms with Gasteiger partial charge < -0.3 is 20.1 Å². The maximum atomic E-state index is 12.5. The van der Waals surface area contributed by atoms with E-state index in [-0.39, 0.29) is 37.1 Å². The second kappa shape index (κ2) is 8.06. The summed E-state index contributed by atoms with van der Waals surface area (Å²) in [7, 11) is 1.52. The number of methoxy groups -OCH3 is 1. The van der Waals surface area contributed by atoms with Crippen molar-refractivity contribution in [1.82, 2.24) is 5.32 Å². The number of aromatic hydroxyl groups is 1. The first kappa shape index (κ1) is 19.3. The van der Waals surface area contributed by atoms with Crippen molar-refractivity contribution in [1.29, 1.82) is 0 Å². The van der Waals surface area contributed by atoms with Crippen molar-refractivity contribution in [2.24, 2.45) is 5.92 Å². The molecule has 0 radical (unpaired) electrons. The van der Waals surface area contributed by atoms with Gasteiger partial charge in [-0.15, -0.1) is 0 Å². The molecule has 142 valence electrons. The van der Waals surface area contributed by atoms with Crippen molar-refractivity contribution < 1.29 is 19.4 Å². The van der Waals surface area contributed by atoms with Gasteiger partial charge in [-0.1, -0.05) is 23.2 Å². The van der Waals surface area contributed by atoms with Crippen molar-refractivity contribution in [2.45, 2.75) is 13.0 Å². The molecule has 2 aromatic carbocycles. The lowest BCUT2D eigenvalue weighted by atomic mass is 10.1. The number of hydrogen-bond acceptors (Lipinski definition) is 4. The van der Waals surface area contributed by atoms with Gasteiger partial charge in [-0.05, 0) is 36.4 Å². The standard InChI is InChI=1S/C19H18Cl2N2O4/c1-27-16-2-3-17(24)11(4-16)9-22-19(26)12-5-18(25)23(10-12)15-7-13(20)6-14(21)8-15/h2-4,6-8,12,24H,5,9-10H2,1H3,(H,22,26)/t12-/m1/s1. The number of benzene rings is 2. The summed E-state index contributed by atoms with van der Waals surface area (Å²) in [6.07, 6.45) is 0.0973. The molecule has 1 aliphatic rings. The number of carbonyl (C=O) groups is 2. The molecule has 6 nitrogen and oxygen atoms in total. The third kappa shape index (κ3) is 4.46. The summed E-state index contributed by atoms with van der Waals surface area (Å²) in [4.78, 5) is 26.3. The summed E-state index contributed by atoms with van der Waals surface area (Å²) in [5, 5.41) is 13.5. The van der Waals surface area contributed by atoms with Gasteiger partial charge in [-0.25, -0.2) is 0 Å². The van der Waals surface area contributed by atoms with E-state index in [0.29, 0.717) is 27.0 Å². The molecule has 2 aromatic rings. The first-order valence-corrected chi connectivity index (χ1v) is 9.03. The molecule has 1 atom stereocenters. The number of halogens is 2. The highest BCUT2D eigenvalue weighted by atomic mass is 35.5. The lowest BCUT2D eigenvalue weighted by molar-refractivity contribution is -0.126. The molecule has 0 aliphatic carbocycles. The van der Waals surface area contributed by atoms with E-state index in [4.69, 9.17) is 27.9 Å². The summed E-state index contributed by atoms with van der Waals surface area (Å²) >= 11 is 12.0. The maximum absolute atomic E-state index is 12.5. The fourth-order valence-electron chi connectivity index (χ4n) is 2.98. The van der Waals surface area contributed by atoms with Crippen LogP contribution in [0.15, 0.2) is 36.4 Å². The van der Waals surface area contributed by atoms with Crippen LogP contribution in [0.5, 0.6) is 11.5 Å². The monoisotopic (exact) mass is 408 g/mol. The van der Waals surface area contributed by atoms with Crippen molar-refractivity contribution in [3.05, 3.63) is 52.0 Å². The summed E-state index contributed by atoms with van der Waals surface area (Å²) < 4.78 is 5.12. The van der Waals surface area contributed by atoms with Crippen LogP contribution >= 0.6 is 23.2 Å². The van der Waals surface area contributed by atoms with Crippen molar-refractivity contribution in [3.63, 3.8) is 0 Å². The van der Waals surface area contributed by atoms with Gasteiger partial charge in [0.15, 0.2) is 0 Å². The van der Waals surface area contributed by atoms with Crippen molar-refractivity contribution in [3.8, 4) is 11.5 Å². The molecular weight excluding hydrogens is 391 g/mol. The van der Waals surface area contributed by atoms with Gasteiger partial charge in [0.05, 0.1) is 13.0 Å². The van der Waals surface area contributed by atoms with Crippen LogP contribution in [-0.2, 0) is 16.1 Å². The minimum atomic E-state index is -0.497. The molecule has 0 saturated carbocycles. The summed E-state index contributed by atoms with van der Waals surface area (Å²) in [6, 6.07) is 9.64. The average molecular weight is 409 g/mol. The van der Waals surface area contributed by atoms with Crippen LogP contribution in [0.4, 0.5) is 5.69 Å². The van der Waals surface area contributed by atoms with Crippen LogP contribution in [-0.4, -0.2) is 30.6 Å². The predicted octanol–water partition coefficient (Wildman–Crippen LogP) is 3.38. The van der Waals surface area contributed by atoms with Gasteiger partial charge >= 0.3 is 0 Å². The Labute approximate surface area is 166 Å². The number of rotatable bonds is 5. The fourth-order valence-corrected chi connectivity index (χ4v) is 3.50. The van der Waals surface area contributed by atoms with Gasteiger partial charge in [-0.2, -0.15) is 0 Å². The lowest BCUT2D eigenvalue weighted by Crippen LogP contribution is -2.32. The highest BCUT2D eigenvalue weighted by Crippen LogP contribution is 2.30. The molecule has 3 rings (SSSR count). The Morgan fingerprint density at radius 3 is 2.63 bits per heavy atom. The maximum Gasteiger partial charge on any atom is 0.227 e. The van der Waals surface area contributed by atoms with E-state index >= 15 is 0 Å².